The van der Waals surface area contributed by atoms with Crippen molar-refractivity contribution in [1.82, 2.24) is 0 Å². The molecule has 0 aliphatic heterocycles. The average Bonchev–Trinajstić information content (AvgIpc) is 3.30. The van der Waals surface area contributed by atoms with Crippen molar-refractivity contribution in [1.29, 1.82) is 0 Å². The fourth-order valence-corrected chi connectivity index (χ4v) is 6.73. The Labute approximate surface area is 395 Å². The topological polar surface area (TPSA) is 61.8 Å². The molecule has 0 aromatic heterocycles. The monoisotopic (exact) mass is 885 g/mol. The first kappa shape index (κ1) is 60.3. The lowest BCUT2D eigenvalue weighted by Gasteiger charge is -2.18. The summed E-state index contributed by atoms with van der Waals surface area (Å²) in [6.45, 7) is 7.39. The van der Waals surface area contributed by atoms with Crippen LogP contribution in [0.1, 0.15) is 213 Å². The molecular formula is C59H96O5. The molecule has 1 atom stereocenters. The minimum atomic E-state index is -0.605. The Bertz CT molecular complexity index is 1320. The molecule has 64 heavy (non-hydrogen) atoms. The Kier molecular flexibility index (Phi) is 50.5. The molecule has 0 aromatic carbocycles. The molecule has 0 saturated heterocycles. The van der Waals surface area contributed by atoms with Gasteiger partial charge in [0.15, 0.2) is 6.10 Å². The van der Waals surface area contributed by atoms with E-state index in [4.69, 9.17) is 14.2 Å². The van der Waals surface area contributed by atoms with Crippen molar-refractivity contribution in [3.63, 3.8) is 0 Å². The van der Waals surface area contributed by atoms with Crippen molar-refractivity contribution in [3.05, 3.63) is 122 Å². The molecule has 0 spiro atoms. The lowest BCUT2D eigenvalue weighted by molar-refractivity contribution is -0.162. The van der Waals surface area contributed by atoms with Crippen LogP contribution in [-0.2, 0) is 23.8 Å². The van der Waals surface area contributed by atoms with E-state index in [-0.39, 0.29) is 31.6 Å². The Morgan fingerprint density at radius 2 is 0.750 bits per heavy atom. The van der Waals surface area contributed by atoms with Gasteiger partial charge in [0.1, 0.15) is 6.61 Å². The number of hydrogen-bond acceptors (Lipinski definition) is 5. The van der Waals surface area contributed by atoms with E-state index in [0.717, 1.165) is 103 Å². The Hall–Kier alpha value is -3.70. The number of carbonyl (C=O) groups excluding carboxylic acids is 2. The molecule has 1 unspecified atom stereocenters. The van der Waals surface area contributed by atoms with Gasteiger partial charge in [-0.15, -0.1) is 0 Å². The van der Waals surface area contributed by atoms with E-state index in [1.807, 2.05) is 12.2 Å². The van der Waals surface area contributed by atoms with Gasteiger partial charge in [0, 0.05) is 13.0 Å². The highest BCUT2D eigenvalue weighted by Crippen LogP contribution is 2.14. The molecule has 0 saturated carbocycles. The van der Waals surface area contributed by atoms with Crippen molar-refractivity contribution < 1.29 is 23.8 Å². The first-order valence-corrected chi connectivity index (χ1v) is 26.1. The average molecular weight is 885 g/mol. The molecular weight excluding hydrogens is 789 g/mol. The van der Waals surface area contributed by atoms with Crippen LogP contribution in [0.5, 0.6) is 0 Å². The van der Waals surface area contributed by atoms with Crippen molar-refractivity contribution in [3.8, 4) is 0 Å². The van der Waals surface area contributed by atoms with E-state index in [2.05, 4.69) is 130 Å². The molecule has 362 valence electrons. The Balaban J connectivity index is 4.48. The van der Waals surface area contributed by atoms with Gasteiger partial charge in [-0.3, -0.25) is 9.59 Å². The zero-order valence-corrected chi connectivity index (χ0v) is 41.5. The molecule has 0 aliphatic rings. The highest BCUT2D eigenvalue weighted by atomic mass is 16.6. The second kappa shape index (κ2) is 53.6. The van der Waals surface area contributed by atoms with Crippen LogP contribution in [0.25, 0.3) is 0 Å². The smallest absolute Gasteiger partial charge is 0.309 e. The normalized spacial score (nSPS) is 13.2. The summed E-state index contributed by atoms with van der Waals surface area (Å²) in [6.07, 6.45) is 75.2. The van der Waals surface area contributed by atoms with Gasteiger partial charge in [-0.1, -0.05) is 232 Å². The molecule has 0 rings (SSSR count). The van der Waals surface area contributed by atoms with Crippen LogP contribution in [0.2, 0.25) is 0 Å². The van der Waals surface area contributed by atoms with Crippen molar-refractivity contribution in [2.24, 2.45) is 0 Å². The van der Waals surface area contributed by atoms with Crippen LogP contribution in [0.15, 0.2) is 122 Å². The van der Waals surface area contributed by atoms with Crippen molar-refractivity contribution in [2.45, 2.75) is 219 Å². The maximum absolute atomic E-state index is 12.8. The van der Waals surface area contributed by atoms with Crippen LogP contribution in [-0.4, -0.2) is 37.9 Å². The van der Waals surface area contributed by atoms with Crippen LogP contribution in [0.4, 0.5) is 0 Å². The number of hydrogen-bond donors (Lipinski definition) is 0. The second-order valence-corrected chi connectivity index (χ2v) is 16.7. The van der Waals surface area contributed by atoms with E-state index < -0.39 is 6.10 Å². The van der Waals surface area contributed by atoms with Gasteiger partial charge in [-0.25, -0.2) is 0 Å². The van der Waals surface area contributed by atoms with Gasteiger partial charge in [-0.2, -0.15) is 0 Å². The number of esters is 2. The quantitative estimate of drug-likeness (QED) is 0.0346. The second-order valence-electron chi connectivity index (χ2n) is 16.7. The summed E-state index contributed by atoms with van der Waals surface area (Å²) in [5.41, 5.74) is 0. The van der Waals surface area contributed by atoms with Crippen LogP contribution in [0, 0.1) is 0 Å². The van der Waals surface area contributed by atoms with Crippen molar-refractivity contribution in [2.75, 3.05) is 19.8 Å². The third-order valence-electron chi connectivity index (χ3n) is 10.5. The minimum Gasteiger partial charge on any atom is -0.461 e. The summed E-state index contributed by atoms with van der Waals surface area (Å²) in [5, 5.41) is 0. The SMILES string of the molecule is CC/C=C\C/C=C\C/C=C\C/C=C\C/C=C\CCCCOCC(COC(=O)C/C=C\C/C=C\C/C=C\C/C=C\C/C=C\CC)OC(=O)CCCCCCCCCCCCCCCCC. The first-order chi connectivity index (χ1) is 31.6. The zero-order valence-electron chi connectivity index (χ0n) is 41.5. The molecule has 0 heterocycles. The number of rotatable bonds is 46. The Morgan fingerprint density at radius 1 is 0.375 bits per heavy atom. The van der Waals surface area contributed by atoms with Gasteiger partial charge in [0.2, 0.25) is 0 Å². The highest BCUT2D eigenvalue weighted by Gasteiger charge is 2.17. The van der Waals surface area contributed by atoms with Crippen LogP contribution < -0.4 is 0 Å². The van der Waals surface area contributed by atoms with E-state index in [0.29, 0.717) is 13.0 Å². The Morgan fingerprint density at radius 3 is 1.17 bits per heavy atom. The van der Waals surface area contributed by atoms with E-state index >= 15 is 0 Å². The number of ether oxygens (including phenoxy) is 3. The molecule has 5 nitrogen and oxygen atoms in total. The third kappa shape index (κ3) is 50.9. The third-order valence-corrected chi connectivity index (χ3v) is 10.5. The van der Waals surface area contributed by atoms with Crippen molar-refractivity contribution >= 4 is 11.9 Å². The number of carbonyl (C=O) groups is 2. The van der Waals surface area contributed by atoms with Crippen LogP contribution >= 0.6 is 0 Å². The first-order valence-electron chi connectivity index (χ1n) is 26.1. The number of unbranched alkanes of at least 4 members (excludes halogenated alkanes) is 16. The van der Waals surface area contributed by atoms with Gasteiger partial charge in [0.25, 0.3) is 0 Å². The summed E-state index contributed by atoms with van der Waals surface area (Å²) in [5.74, 6) is -0.572. The molecule has 0 fully saturated rings. The molecule has 0 aromatic rings. The fraction of sp³-hybridized carbons (Fsp3) is 0.627. The molecule has 0 amide bonds. The summed E-state index contributed by atoms with van der Waals surface area (Å²) in [7, 11) is 0. The standard InChI is InChI=1S/C59H96O5/c1-4-7-10-13-16-19-22-25-28-29-30-33-36-39-42-45-48-51-54-62-55-57(64-59(61)53-50-47-44-41-38-35-32-27-24-21-18-15-12-9-6-3)56-63-58(60)52-49-46-43-40-37-34-31-26-23-20-17-14-11-8-5-2/h7-8,10-11,16-17,19-20,25-26,28,30-31,33,37,39-40,42,46,49,57H,4-6,9,12-15,18,21-24,27,29,32,34-36,38,41,43-45,47-48,50-56H2,1-3H3/b10-7-,11-8-,19-16-,20-17-,28-25-,31-26-,33-30-,40-37-,42-39-,49-46-. The maximum Gasteiger partial charge on any atom is 0.309 e. The predicted octanol–water partition coefficient (Wildman–Crippen LogP) is 17.8. The largest absolute Gasteiger partial charge is 0.461 e. The van der Waals surface area contributed by atoms with Gasteiger partial charge < -0.3 is 14.2 Å². The molecule has 0 radical (unpaired) electrons. The summed E-state index contributed by atoms with van der Waals surface area (Å²) in [6, 6.07) is 0. The van der Waals surface area contributed by atoms with Gasteiger partial charge in [0.05, 0.1) is 13.0 Å². The summed E-state index contributed by atoms with van der Waals surface area (Å²) >= 11 is 0. The lowest BCUT2D eigenvalue weighted by atomic mass is 10.0. The summed E-state index contributed by atoms with van der Waals surface area (Å²) < 4.78 is 17.3. The lowest BCUT2D eigenvalue weighted by Crippen LogP contribution is -2.30. The molecule has 0 N–H and O–H groups in total. The van der Waals surface area contributed by atoms with Crippen LogP contribution in [0.3, 0.4) is 0 Å². The fourth-order valence-electron chi connectivity index (χ4n) is 6.73. The van der Waals surface area contributed by atoms with E-state index in [9.17, 15) is 9.59 Å². The number of allylic oxidation sites excluding steroid dienone is 19. The highest BCUT2D eigenvalue weighted by molar-refractivity contribution is 5.71. The summed E-state index contributed by atoms with van der Waals surface area (Å²) in [4.78, 5) is 25.4. The van der Waals surface area contributed by atoms with E-state index in [1.54, 1.807) is 0 Å². The molecule has 0 aliphatic carbocycles. The van der Waals surface area contributed by atoms with Gasteiger partial charge >= 0.3 is 11.9 Å². The zero-order chi connectivity index (χ0) is 46.3. The molecule has 0 bridgehead atoms. The molecule has 5 heteroatoms. The predicted molar refractivity (Wildman–Crippen MR) is 279 cm³/mol. The minimum absolute atomic E-state index is 0.00811. The van der Waals surface area contributed by atoms with Gasteiger partial charge in [-0.05, 0) is 89.9 Å². The van der Waals surface area contributed by atoms with E-state index in [1.165, 1.54) is 77.0 Å². The maximum atomic E-state index is 12.8.